The minimum atomic E-state index is -1.00. The summed E-state index contributed by atoms with van der Waals surface area (Å²) in [6, 6.07) is 5.53. The second-order valence-electron chi connectivity index (χ2n) is 3.57. The summed E-state index contributed by atoms with van der Waals surface area (Å²) in [5.74, 6) is -1.01. The second kappa shape index (κ2) is 9.55. The van der Waals surface area contributed by atoms with E-state index in [1.54, 1.807) is 24.3 Å². The highest BCUT2D eigenvalue weighted by atomic mass is 16.5. The van der Waals surface area contributed by atoms with Crippen LogP contribution in [0.15, 0.2) is 24.3 Å². The molecule has 6 nitrogen and oxygen atoms in total. The predicted molar refractivity (Wildman–Crippen MR) is 76.2 cm³/mol. The molecule has 0 bridgehead atoms. The van der Waals surface area contributed by atoms with Gasteiger partial charge in [0.1, 0.15) is 6.04 Å². The van der Waals surface area contributed by atoms with E-state index >= 15 is 0 Å². The number of esters is 1. The number of para-hydroxylation sites is 1. The average molecular weight is 280 g/mol. The van der Waals surface area contributed by atoms with Crippen LogP contribution in [0.1, 0.15) is 30.6 Å². The van der Waals surface area contributed by atoms with Crippen LogP contribution in [0.2, 0.25) is 0 Å². The molecule has 110 valence electrons. The Morgan fingerprint density at radius 1 is 1.35 bits per heavy atom. The molecule has 1 aromatic rings. The molecule has 0 spiro atoms. The SMILES string of the molecule is CC.COC(=O)C(CC(=O)c1ccccc1N)NC=O. The Morgan fingerprint density at radius 3 is 2.45 bits per heavy atom. The number of nitrogens with one attached hydrogen (secondary N) is 1. The second-order valence-corrected chi connectivity index (χ2v) is 3.57. The average Bonchev–Trinajstić information content (AvgIpc) is 2.48. The summed E-state index contributed by atoms with van der Waals surface area (Å²) in [7, 11) is 1.18. The zero-order valence-electron chi connectivity index (χ0n) is 11.9. The number of anilines is 1. The Kier molecular flexibility index (Phi) is 8.41. The van der Waals surface area contributed by atoms with E-state index in [9.17, 15) is 14.4 Å². The van der Waals surface area contributed by atoms with Crippen LogP contribution in [0.3, 0.4) is 0 Å². The molecule has 6 heteroatoms. The van der Waals surface area contributed by atoms with Crippen LogP contribution in [0, 0.1) is 0 Å². The van der Waals surface area contributed by atoms with Crippen LogP contribution >= 0.6 is 0 Å². The molecular formula is C14H20N2O4. The van der Waals surface area contributed by atoms with E-state index < -0.39 is 12.0 Å². The molecule has 0 heterocycles. The summed E-state index contributed by atoms with van der Waals surface area (Å²) in [6.07, 6.45) is 0.156. The van der Waals surface area contributed by atoms with Crippen LogP contribution in [0.25, 0.3) is 0 Å². The van der Waals surface area contributed by atoms with Gasteiger partial charge in [0.15, 0.2) is 5.78 Å². The Hall–Kier alpha value is -2.37. The minimum absolute atomic E-state index is 0.195. The molecule has 0 saturated carbocycles. The number of carbonyl (C=O) groups is 3. The number of methoxy groups -OCH3 is 1. The van der Waals surface area contributed by atoms with E-state index in [1.807, 2.05) is 13.8 Å². The smallest absolute Gasteiger partial charge is 0.328 e. The van der Waals surface area contributed by atoms with Crippen LogP contribution in [-0.2, 0) is 14.3 Å². The monoisotopic (exact) mass is 280 g/mol. The highest BCUT2D eigenvalue weighted by Gasteiger charge is 2.23. The number of hydrogen-bond donors (Lipinski definition) is 2. The minimum Gasteiger partial charge on any atom is -0.467 e. The molecule has 1 rings (SSSR count). The molecule has 0 saturated heterocycles. The van der Waals surface area contributed by atoms with Crippen molar-refractivity contribution in [2.45, 2.75) is 26.3 Å². The Labute approximate surface area is 118 Å². The third kappa shape index (κ3) is 5.09. The molecule has 1 atom stereocenters. The van der Waals surface area contributed by atoms with E-state index in [4.69, 9.17) is 5.73 Å². The van der Waals surface area contributed by atoms with Gasteiger partial charge in [-0.25, -0.2) is 4.79 Å². The quantitative estimate of drug-likeness (QED) is 0.352. The molecule has 1 unspecified atom stereocenters. The third-order valence-electron chi connectivity index (χ3n) is 2.41. The lowest BCUT2D eigenvalue weighted by Gasteiger charge is -2.13. The van der Waals surface area contributed by atoms with Crippen molar-refractivity contribution in [3.63, 3.8) is 0 Å². The van der Waals surface area contributed by atoms with Crippen molar-refractivity contribution in [1.29, 1.82) is 0 Å². The number of amides is 1. The maximum atomic E-state index is 11.9. The van der Waals surface area contributed by atoms with E-state index in [2.05, 4.69) is 10.1 Å². The Bertz CT molecular complexity index is 460. The summed E-state index contributed by atoms with van der Waals surface area (Å²) >= 11 is 0. The van der Waals surface area contributed by atoms with Gasteiger partial charge < -0.3 is 15.8 Å². The Morgan fingerprint density at radius 2 is 1.95 bits per heavy atom. The van der Waals surface area contributed by atoms with Gasteiger partial charge in [-0.05, 0) is 12.1 Å². The van der Waals surface area contributed by atoms with Gasteiger partial charge in [-0.1, -0.05) is 26.0 Å². The van der Waals surface area contributed by atoms with E-state index in [-0.39, 0.29) is 12.2 Å². The lowest BCUT2D eigenvalue weighted by atomic mass is 10.0. The van der Waals surface area contributed by atoms with Crippen LogP contribution in [0.5, 0.6) is 0 Å². The number of rotatable bonds is 6. The number of benzene rings is 1. The molecule has 20 heavy (non-hydrogen) atoms. The normalized spacial score (nSPS) is 10.6. The largest absolute Gasteiger partial charge is 0.467 e. The molecular weight excluding hydrogens is 260 g/mol. The molecule has 3 N–H and O–H groups in total. The van der Waals surface area contributed by atoms with Crippen molar-refractivity contribution in [3.8, 4) is 0 Å². The van der Waals surface area contributed by atoms with E-state index in [0.29, 0.717) is 17.7 Å². The van der Waals surface area contributed by atoms with Gasteiger partial charge in [0.2, 0.25) is 6.41 Å². The van der Waals surface area contributed by atoms with Gasteiger partial charge in [-0.2, -0.15) is 0 Å². The summed E-state index contributed by atoms with van der Waals surface area (Å²) in [4.78, 5) is 33.6. The van der Waals surface area contributed by atoms with Gasteiger partial charge in [-0.3, -0.25) is 9.59 Å². The van der Waals surface area contributed by atoms with Crippen molar-refractivity contribution in [2.75, 3.05) is 12.8 Å². The van der Waals surface area contributed by atoms with E-state index in [1.165, 1.54) is 7.11 Å². The molecule has 0 fully saturated rings. The standard InChI is InChI=1S/C12H14N2O4.C2H6/c1-18-12(17)10(14-7-15)6-11(16)8-4-2-3-5-9(8)13;1-2/h2-5,7,10H,6,13H2,1H3,(H,14,15);1-2H3. The zero-order valence-corrected chi connectivity index (χ0v) is 11.9. The fourth-order valence-electron chi connectivity index (χ4n) is 1.48. The summed E-state index contributed by atoms with van der Waals surface area (Å²) in [5, 5.41) is 2.24. The molecule has 0 radical (unpaired) electrons. The first kappa shape index (κ1) is 17.6. The van der Waals surface area contributed by atoms with Gasteiger partial charge in [0, 0.05) is 17.7 Å². The number of ether oxygens (including phenoxy) is 1. The number of carbonyl (C=O) groups excluding carboxylic acids is 3. The molecule has 0 aromatic heterocycles. The van der Waals surface area contributed by atoms with Gasteiger partial charge in [-0.15, -0.1) is 0 Å². The van der Waals surface area contributed by atoms with Crippen molar-refractivity contribution in [2.24, 2.45) is 0 Å². The summed E-state index contributed by atoms with van der Waals surface area (Å²) in [5.41, 5.74) is 6.30. The topological polar surface area (TPSA) is 98.5 Å². The van der Waals surface area contributed by atoms with Crippen LogP contribution in [0.4, 0.5) is 5.69 Å². The number of hydrogen-bond acceptors (Lipinski definition) is 5. The maximum Gasteiger partial charge on any atom is 0.328 e. The van der Waals surface area contributed by atoms with E-state index in [0.717, 1.165) is 0 Å². The first-order chi connectivity index (χ1) is 9.60. The Balaban J connectivity index is 0.00000172. The fourth-order valence-corrected chi connectivity index (χ4v) is 1.48. The lowest BCUT2D eigenvalue weighted by molar-refractivity contribution is -0.143. The van der Waals surface area contributed by atoms with Crippen LogP contribution in [-0.4, -0.2) is 31.3 Å². The van der Waals surface area contributed by atoms with Crippen molar-refractivity contribution in [1.82, 2.24) is 5.32 Å². The summed E-state index contributed by atoms with van der Waals surface area (Å²) < 4.78 is 4.49. The lowest BCUT2D eigenvalue weighted by Crippen LogP contribution is -2.38. The molecule has 0 aliphatic rings. The first-order valence-electron chi connectivity index (χ1n) is 6.25. The maximum absolute atomic E-state index is 11.9. The van der Waals surface area contributed by atoms with Crippen molar-refractivity contribution < 1.29 is 19.1 Å². The number of ketones is 1. The zero-order chi connectivity index (χ0) is 15.5. The fraction of sp³-hybridized carbons (Fsp3) is 0.357. The first-order valence-corrected chi connectivity index (χ1v) is 6.25. The number of Topliss-reactive ketones (excluding diaryl/α,β-unsaturated/α-hetero) is 1. The van der Waals surface area contributed by atoms with Crippen LogP contribution < -0.4 is 11.1 Å². The van der Waals surface area contributed by atoms with Crippen molar-refractivity contribution >= 4 is 23.9 Å². The number of nitrogens with two attached hydrogens (primary N) is 1. The van der Waals surface area contributed by atoms with Gasteiger partial charge >= 0.3 is 5.97 Å². The number of nitrogen functional groups attached to an aromatic ring is 1. The molecule has 0 aliphatic carbocycles. The molecule has 0 aliphatic heterocycles. The highest BCUT2D eigenvalue weighted by Crippen LogP contribution is 2.14. The third-order valence-corrected chi connectivity index (χ3v) is 2.41. The highest BCUT2D eigenvalue weighted by molar-refractivity contribution is 6.03. The molecule has 1 amide bonds. The van der Waals surface area contributed by atoms with Gasteiger partial charge in [0.05, 0.1) is 7.11 Å². The van der Waals surface area contributed by atoms with Crippen molar-refractivity contribution in [3.05, 3.63) is 29.8 Å². The van der Waals surface area contributed by atoms with Gasteiger partial charge in [0.25, 0.3) is 0 Å². The molecule has 1 aromatic carbocycles. The predicted octanol–water partition coefficient (Wildman–Crippen LogP) is 1.16. The summed E-state index contributed by atoms with van der Waals surface area (Å²) in [6.45, 7) is 4.00.